The Bertz CT molecular complexity index is 270. The topological polar surface area (TPSA) is 63.7 Å². The molecule has 0 unspecified atom stereocenters. The van der Waals surface area contributed by atoms with E-state index in [-0.39, 0.29) is 6.54 Å². The second-order valence-electron chi connectivity index (χ2n) is 2.36. The molecule has 1 amide bonds. The summed E-state index contributed by atoms with van der Waals surface area (Å²) >= 11 is 0. The normalized spacial score (nSPS) is 27.5. The quantitative estimate of drug-likeness (QED) is 0.516. The Morgan fingerprint density at radius 3 is 2.45 bits per heavy atom. The number of nitrogens with zero attached hydrogens (tertiary/aromatic N) is 1. The fourth-order valence-electron chi connectivity index (χ4n) is 0.844. The second kappa shape index (κ2) is 2.37. The molecule has 1 atom stereocenters. The van der Waals surface area contributed by atoms with Crippen LogP contribution in [-0.2, 0) is 14.8 Å². The van der Waals surface area contributed by atoms with Gasteiger partial charge in [0.15, 0.2) is 0 Å². The number of hydrogen-bond donors (Lipinski definition) is 0. The van der Waals surface area contributed by atoms with Gasteiger partial charge in [-0.1, -0.05) is 0 Å². The van der Waals surface area contributed by atoms with Crippen molar-refractivity contribution in [3.63, 3.8) is 0 Å². The van der Waals surface area contributed by atoms with E-state index in [1.165, 1.54) is 0 Å². The first-order chi connectivity index (χ1) is 5.00. The molecule has 0 radical (unpaired) electrons. The van der Waals surface area contributed by atoms with Crippen molar-refractivity contribution in [2.75, 3.05) is 13.7 Å². The van der Waals surface area contributed by atoms with Gasteiger partial charge in [-0.05, 0) is 6.92 Å². The maximum absolute atomic E-state index is 11.0. The number of rotatable bonds is 0. The van der Waals surface area contributed by atoms with Gasteiger partial charge in [0.2, 0.25) is 10.0 Å². The Labute approximate surface area is 65.0 Å². The minimum Gasteiger partial charge on any atom is -0.452 e. The third kappa shape index (κ3) is 1.07. The van der Waals surface area contributed by atoms with E-state index in [0.29, 0.717) is 0 Å². The van der Waals surface area contributed by atoms with E-state index in [1.807, 2.05) is 0 Å². The molecule has 0 bridgehead atoms. The van der Waals surface area contributed by atoms with Crippen molar-refractivity contribution in [3.8, 4) is 0 Å². The number of amides is 1. The average molecular weight is 179 g/mol. The molecule has 0 aromatic carbocycles. The average Bonchev–Trinajstić information content (AvgIpc) is 1.98. The highest BCUT2D eigenvalue weighted by Crippen LogP contribution is 2.21. The summed E-state index contributed by atoms with van der Waals surface area (Å²) < 4.78 is 26.9. The zero-order valence-corrected chi connectivity index (χ0v) is 7.09. The molecule has 64 valence electrons. The summed E-state index contributed by atoms with van der Waals surface area (Å²) in [6.07, 6.45) is -0.803. The molecule has 1 fully saturated rings. The highest BCUT2D eigenvalue weighted by Gasteiger charge is 2.44. The number of carbonyl (C=O) groups excluding carboxylic acids is 1. The first-order valence-electron chi connectivity index (χ1n) is 3.09. The molecular formula is C5H9NO4S. The van der Waals surface area contributed by atoms with Crippen LogP contribution in [0.5, 0.6) is 0 Å². The molecule has 0 aromatic heterocycles. The first-order valence-corrected chi connectivity index (χ1v) is 4.60. The third-order valence-electron chi connectivity index (χ3n) is 1.62. The zero-order valence-electron chi connectivity index (χ0n) is 6.27. The largest absolute Gasteiger partial charge is 0.452 e. The molecule has 11 heavy (non-hydrogen) atoms. The Balaban J connectivity index is 2.76. The maximum Gasteiger partial charge on any atom is 0.423 e. The van der Waals surface area contributed by atoms with Crippen LogP contribution in [0.15, 0.2) is 0 Å². The van der Waals surface area contributed by atoms with Gasteiger partial charge < -0.3 is 4.74 Å². The van der Waals surface area contributed by atoms with Crippen LogP contribution < -0.4 is 0 Å². The van der Waals surface area contributed by atoms with Gasteiger partial charge in [0, 0.05) is 0 Å². The van der Waals surface area contributed by atoms with E-state index in [2.05, 4.69) is 4.74 Å². The van der Waals surface area contributed by atoms with Crippen LogP contribution in [0.1, 0.15) is 6.92 Å². The second-order valence-corrected chi connectivity index (χ2v) is 4.63. The van der Waals surface area contributed by atoms with Gasteiger partial charge in [-0.25, -0.2) is 17.5 Å². The van der Waals surface area contributed by atoms with Gasteiger partial charge in [-0.2, -0.15) is 0 Å². The Morgan fingerprint density at radius 2 is 2.18 bits per heavy atom. The minimum absolute atomic E-state index is 0.231. The summed E-state index contributed by atoms with van der Waals surface area (Å²) in [6.45, 7) is 1.78. The molecule has 0 aliphatic carbocycles. The van der Waals surface area contributed by atoms with Gasteiger partial charge in [-0.3, -0.25) is 0 Å². The summed E-state index contributed by atoms with van der Waals surface area (Å²) in [5.74, 6) is 0. The fraction of sp³-hybridized carbons (Fsp3) is 0.800. The predicted molar refractivity (Wildman–Crippen MR) is 37.5 cm³/mol. The minimum atomic E-state index is -3.35. The molecule has 0 N–H and O–H groups in total. The summed E-state index contributed by atoms with van der Waals surface area (Å²) in [5, 5.41) is -0.457. The number of ether oxygens (including phenoxy) is 1. The number of hydrogen-bond acceptors (Lipinski definition) is 4. The van der Waals surface area contributed by atoms with Crippen LogP contribution in [0.3, 0.4) is 0 Å². The van der Waals surface area contributed by atoms with Gasteiger partial charge in [0.1, 0.15) is 0 Å². The number of sulfonamides is 1. The summed E-state index contributed by atoms with van der Waals surface area (Å²) in [6, 6.07) is 0. The van der Waals surface area contributed by atoms with Gasteiger partial charge in [-0.15, -0.1) is 0 Å². The lowest BCUT2D eigenvalue weighted by Crippen LogP contribution is -2.56. The monoisotopic (exact) mass is 179 g/mol. The zero-order chi connectivity index (χ0) is 8.65. The predicted octanol–water partition coefficient (Wildman–Crippen LogP) is -0.213. The molecule has 1 rings (SSSR count). The van der Waals surface area contributed by atoms with E-state index in [4.69, 9.17) is 0 Å². The fourth-order valence-corrected chi connectivity index (χ4v) is 2.07. The van der Waals surface area contributed by atoms with E-state index in [1.54, 1.807) is 6.92 Å². The van der Waals surface area contributed by atoms with Crippen LogP contribution in [0.2, 0.25) is 0 Å². The number of methoxy groups -OCH3 is 1. The molecule has 1 saturated heterocycles. The lowest BCUT2D eigenvalue weighted by molar-refractivity contribution is 0.143. The molecule has 1 heterocycles. The van der Waals surface area contributed by atoms with Crippen molar-refractivity contribution >= 4 is 16.1 Å². The van der Waals surface area contributed by atoms with Gasteiger partial charge in [0.05, 0.1) is 18.9 Å². The maximum atomic E-state index is 11.0. The van der Waals surface area contributed by atoms with Crippen LogP contribution in [0, 0.1) is 0 Å². The van der Waals surface area contributed by atoms with Crippen molar-refractivity contribution in [1.82, 2.24) is 4.31 Å². The summed E-state index contributed by atoms with van der Waals surface area (Å²) in [7, 11) is -2.20. The van der Waals surface area contributed by atoms with Gasteiger partial charge >= 0.3 is 6.09 Å². The molecule has 0 spiro atoms. The first kappa shape index (κ1) is 8.32. The molecular weight excluding hydrogens is 170 g/mol. The SMILES string of the molecule is COC(=O)N1C[C@H](C)S1(=O)=O. The van der Waals surface area contributed by atoms with Crippen molar-refractivity contribution < 1.29 is 17.9 Å². The van der Waals surface area contributed by atoms with Crippen molar-refractivity contribution in [2.24, 2.45) is 0 Å². The smallest absolute Gasteiger partial charge is 0.423 e. The van der Waals surface area contributed by atoms with E-state index in [0.717, 1.165) is 11.4 Å². The Morgan fingerprint density at radius 1 is 1.64 bits per heavy atom. The highest BCUT2D eigenvalue weighted by molar-refractivity contribution is 7.91. The standard InChI is InChI=1S/C5H9NO4S/c1-4-3-6(5(7)10-2)11(4,8)9/h4H,3H2,1-2H3/t4-/m0/s1. The van der Waals surface area contributed by atoms with Crippen LogP contribution in [-0.4, -0.2) is 37.7 Å². The highest BCUT2D eigenvalue weighted by atomic mass is 32.2. The Hall–Kier alpha value is -0.780. The molecule has 0 aromatic rings. The van der Waals surface area contributed by atoms with Crippen LogP contribution >= 0.6 is 0 Å². The summed E-state index contributed by atoms with van der Waals surface area (Å²) in [4.78, 5) is 10.7. The van der Waals surface area contributed by atoms with E-state index in [9.17, 15) is 13.2 Å². The van der Waals surface area contributed by atoms with E-state index < -0.39 is 21.4 Å². The van der Waals surface area contributed by atoms with Crippen LogP contribution in [0.4, 0.5) is 4.79 Å². The van der Waals surface area contributed by atoms with E-state index >= 15 is 0 Å². The van der Waals surface area contributed by atoms with Crippen molar-refractivity contribution in [3.05, 3.63) is 0 Å². The summed E-state index contributed by atoms with van der Waals surface area (Å²) in [5.41, 5.74) is 0. The Kier molecular flexibility index (Phi) is 1.79. The van der Waals surface area contributed by atoms with Gasteiger partial charge in [0.25, 0.3) is 0 Å². The van der Waals surface area contributed by atoms with Crippen molar-refractivity contribution in [1.29, 1.82) is 0 Å². The lowest BCUT2D eigenvalue weighted by Gasteiger charge is -2.34. The number of carbonyl (C=O) groups is 1. The molecule has 5 nitrogen and oxygen atoms in total. The van der Waals surface area contributed by atoms with Crippen molar-refractivity contribution in [2.45, 2.75) is 12.2 Å². The molecule has 0 saturated carbocycles. The molecule has 6 heteroatoms. The molecule has 1 aliphatic rings. The third-order valence-corrected chi connectivity index (χ3v) is 3.70. The molecule has 1 aliphatic heterocycles. The van der Waals surface area contributed by atoms with Crippen LogP contribution in [0.25, 0.3) is 0 Å². The lowest BCUT2D eigenvalue weighted by atomic mass is 10.5.